The molecule has 5 aliphatic rings. The van der Waals surface area contributed by atoms with Gasteiger partial charge in [0.05, 0.1) is 38.9 Å². The average Bonchev–Trinajstić information content (AvgIpc) is 1.49. The molecule has 4 aromatic carbocycles. The molecule has 494 valence electrons. The number of hydrogen-bond donors (Lipinski definition) is 11. The van der Waals surface area contributed by atoms with Crippen LogP contribution in [0.15, 0.2) is 103 Å². The molecule has 28 heteroatoms. The summed E-state index contributed by atoms with van der Waals surface area (Å²) in [5.74, 6) is -5.08. The number of nitrogens with one attached hydrogen (secondary N) is 6. The maximum absolute atomic E-state index is 14.8. The summed E-state index contributed by atoms with van der Waals surface area (Å²) in [5, 5.41) is 62.6. The highest BCUT2D eigenvalue weighted by molar-refractivity contribution is 6.13. The predicted octanol–water partition coefficient (Wildman–Crippen LogP) is 1.70. The monoisotopic (exact) mass is 1280 g/mol. The molecule has 3 fully saturated rings. The number of fused-ring (bicyclic) bond motifs is 3. The van der Waals surface area contributed by atoms with Crippen molar-refractivity contribution in [3.8, 4) is 23.0 Å². The van der Waals surface area contributed by atoms with Crippen LogP contribution in [0, 0.1) is 11.3 Å². The van der Waals surface area contributed by atoms with Gasteiger partial charge < -0.3 is 96.0 Å². The Morgan fingerprint density at radius 1 is 0.783 bits per heavy atom. The van der Waals surface area contributed by atoms with Crippen molar-refractivity contribution >= 4 is 53.3 Å². The molecular formula is C64H78N8O20. The molecular weight excluding hydrogens is 1200 g/mol. The molecule has 2 aliphatic carbocycles. The lowest BCUT2D eigenvalue weighted by Crippen LogP contribution is -2.58. The minimum Gasteiger partial charge on any atom is -0.497 e. The molecule has 2 saturated carbocycles. The van der Waals surface area contributed by atoms with Gasteiger partial charge in [-0.1, -0.05) is 61.0 Å². The number of nitrogens with zero attached hydrogens (tertiary/aromatic N) is 1. The van der Waals surface area contributed by atoms with Crippen LogP contribution in [0.1, 0.15) is 79.5 Å². The summed E-state index contributed by atoms with van der Waals surface area (Å²) in [6, 6.07) is 22.8. The molecule has 0 radical (unpaired) electrons. The number of urea groups is 1. The third-order valence-corrected chi connectivity index (χ3v) is 17.3. The highest BCUT2D eigenvalue weighted by atomic mass is 16.8. The Kier molecular flexibility index (Phi) is 22.0. The van der Waals surface area contributed by atoms with Crippen LogP contribution in [0.2, 0.25) is 0 Å². The van der Waals surface area contributed by atoms with Gasteiger partial charge in [0.25, 0.3) is 18.1 Å². The van der Waals surface area contributed by atoms with Crippen molar-refractivity contribution < 1.29 is 96.7 Å². The van der Waals surface area contributed by atoms with Gasteiger partial charge in [0, 0.05) is 75.7 Å². The number of rotatable bonds is 30. The normalized spacial score (nSPS) is 23.9. The van der Waals surface area contributed by atoms with Crippen LogP contribution >= 0.6 is 0 Å². The van der Waals surface area contributed by atoms with Crippen molar-refractivity contribution in [3.63, 3.8) is 0 Å². The number of methoxy groups -OCH3 is 3. The van der Waals surface area contributed by atoms with Gasteiger partial charge in [-0.25, -0.2) is 9.59 Å². The van der Waals surface area contributed by atoms with Gasteiger partial charge in [-0.15, -0.1) is 0 Å². The van der Waals surface area contributed by atoms with Crippen LogP contribution in [-0.4, -0.2) is 177 Å². The summed E-state index contributed by atoms with van der Waals surface area (Å²) >= 11 is 0. The zero-order valence-electron chi connectivity index (χ0n) is 51.1. The number of aliphatic hydroxyl groups excluding tert-OH is 3. The van der Waals surface area contributed by atoms with Gasteiger partial charge in [0.15, 0.2) is 11.2 Å². The Balaban J connectivity index is 0.814. The summed E-state index contributed by atoms with van der Waals surface area (Å²) in [4.78, 5) is 105. The van der Waals surface area contributed by atoms with E-state index in [4.69, 9.17) is 43.6 Å². The number of unbranched alkanes of at least 4 members (excludes halogenated alkanes) is 2. The van der Waals surface area contributed by atoms with Crippen LogP contribution in [0.25, 0.3) is 0 Å². The Morgan fingerprint density at radius 2 is 1.49 bits per heavy atom. The average molecular weight is 1280 g/mol. The van der Waals surface area contributed by atoms with Crippen LogP contribution in [0.5, 0.6) is 23.0 Å². The maximum Gasteiger partial charge on any atom is 0.407 e. The number of benzene rings is 4. The van der Waals surface area contributed by atoms with Gasteiger partial charge in [0.1, 0.15) is 59.4 Å². The number of carbonyl (C=O) groups excluding carboxylic acids is 8. The molecule has 4 aromatic rings. The number of hydrogen-bond acceptors (Lipinski definition) is 20. The second-order valence-electron chi connectivity index (χ2n) is 22.9. The highest BCUT2D eigenvalue weighted by Crippen LogP contribution is 2.70. The van der Waals surface area contributed by atoms with E-state index in [0.717, 1.165) is 4.90 Å². The van der Waals surface area contributed by atoms with Gasteiger partial charge in [0.2, 0.25) is 29.9 Å². The van der Waals surface area contributed by atoms with E-state index in [9.17, 15) is 58.8 Å². The fourth-order valence-corrected chi connectivity index (χ4v) is 12.4. The van der Waals surface area contributed by atoms with Gasteiger partial charge in [-0.05, 0) is 85.9 Å². The maximum atomic E-state index is 14.8. The van der Waals surface area contributed by atoms with E-state index in [1.807, 2.05) is 0 Å². The van der Waals surface area contributed by atoms with Gasteiger partial charge in [-0.2, -0.15) is 0 Å². The molecule has 0 spiro atoms. The summed E-state index contributed by atoms with van der Waals surface area (Å²) in [5.41, 5.74) is 1.18. The first-order valence-corrected chi connectivity index (χ1v) is 30.3. The number of imide groups is 1. The fraction of sp³-hybridized carbons (Fsp3) is 0.469. The Morgan fingerprint density at radius 3 is 2.14 bits per heavy atom. The van der Waals surface area contributed by atoms with Crippen molar-refractivity contribution in [2.75, 3.05) is 72.6 Å². The summed E-state index contributed by atoms with van der Waals surface area (Å²) in [6.45, 7) is -0.576. The van der Waals surface area contributed by atoms with E-state index < -0.39 is 108 Å². The zero-order chi connectivity index (χ0) is 65.7. The molecule has 0 bridgehead atoms. The van der Waals surface area contributed by atoms with E-state index in [1.54, 1.807) is 78.9 Å². The third kappa shape index (κ3) is 14.2. The quantitative estimate of drug-likeness (QED) is 0.0201. The number of aliphatic hydroxyl groups is 4. The van der Waals surface area contributed by atoms with Gasteiger partial charge >= 0.3 is 12.1 Å². The first-order chi connectivity index (χ1) is 44.3. The van der Waals surface area contributed by atoms with Crippen molar-refractivity contribution in [1.82, 2.24) is 31.5 Å². The molecule has 10 atom stereocenters. The summed E-state index contributed by atoms with van der Waals surface area (Å²) < 4.78 is 47.2. The van der Waals surface area contributed by atoms with Crippen LogP contribution < -0.4 is 56.6 Å². The number of carbonyl (C=O) groups is 8. The minimum absolute atomic E-state index is 0.00171. The Labute approximate surface area is 529 Å². The molecule has 9 amide bonds. The molecule has 3 heterocycles. The van der Waals surface area contributed by atoms with Crippen molar-refractivity contribution in [2.45, 2.75) is 112 Å². The second kappa shape index (κ2) is 30.0. The molecule has 1 saturated heterocycles. The standard InChI is InChI=1S/C64H78N8O20/c1-85-41-21-17-39(18-22-41)64-51(38-12-6-4-7-13-38)50(53(77)63(64,84)52-45(86-2)32-42(33-46(52)92-64)90-57-56(87-3)88-36-47(91-57)44(74)34-73)55(79)66-29-30-69-61(83)89-35-37-15-19-40(20-16-37)70-54(78)43(14-10-28-68-60(65)82)71-59(81)62(25-11-26-62)58(80)67-27-8-5-9-31-72-48(75)23-24-49(72)76/h4,6-7,12-13,15-24,32-33,43-44,47,50-51,53,56-57,73-74,77,84H,5,8-11,14,25-31,34-36H2,1-3H3,(H,66,79)(H,67,80)(H,69,83)(H,70,78)(H,71,81)(H3,65,68,82)/t43-,44+,47+,50+,51+,53+,56+,57-,63-,64-/m0/s1. The minimum atomic E-state index is -2.43. The number of amides is 9. The first kappa shape index (κ1) is 67.5. The van der Waals surface area contributed by atoms with Crippen LogP contribution in [0.3, 0.4) is 0 Å². The SMILES string of the molecule is COc1ccc([C@@]23Oc4cc(O[C@H]5O[C@@H]([C@H](O)CO)CO[C@H]5OC)cc(OC)c4[C@]2(O)[C@H](O)[C@H](C(=O)NCCNC(=O)OCc2ccc(NC(=O)[C@H](CCCNC(N)=O)NC(=O)C4(C(=O)NCCCCCN5C(=O)C=CC5=O)CCC4)cc2)[C@H]3c2ccccc2)cc1. The largest absolute Gasteiger partial charge is 0.497 e. The summed E-state index contributed by atoms with van der Waals surface area (Å²) in [6.07, 6.45) is -1.73. The Bertz CT molecular complexity index is 3320. The van der Waals surface area contributed by atoms with E-state index in [1.165, 1.54) is 45.6 Å². The Hall–Kier alpha value is -8.90. The lowest BCUT2D eigenvalue weighted by molar-refractivity contribution is -0.324. The number of primary amides is 1. The molecule has 12 N–H and O–H groups in total. The number of nitrogens with two attached hydrogens (primary N) is 1. The first-order valence-electron chi connectivity index (χ1n) is 30.3. The second-order valence-corrected chi connectivity index (χ2v) is 22.9. The topological polar surface area (TPSA) is 393 Å². The lowest BCUT2D eigenvalue weighted by Gasteiger charge is -2.40. The number of anilines is 1. The summed E-state index contributed by atoms with van der Waals surface area (Å²) in [7, 11) is 4.20. The number of ether oxygens (including phenoxy) is 8. The number of alkyl carbamates (subject to hydrolysis) is 1. The molecule has 0 aromatic heterocycles. The predicted molar refractivity (Wildman–Crippen MR) is 324 cm³/mol. The van der Waals surface area contributed by atoms with E-state index in [0.29, 0.717) is 53.8 Å². The van der Waals surface area contributed by atoms with Gasteiger partial charge in [-0.3, -0.25) is 33.7 Å². The van der Waals surface area contributed by atoms with E-state index in [2.05, 4.69) is 31.9 Å². The van der Waals surface area contributed by atoms with E-state index in [-0.39, 0.29) is 106 Å². The van der Waals surface area contributed by atoms with Crippen molar-refractivity contribution in [2.24, 2.45) is 17.1 Å². The molecule has 92 heavy (non-hydrogen) atoms. The molecule has 9 rings (SSSR count). The van der Waals surface area contributed by atoms with E-state index >= 15 is 0 Å². The van der Waals surface area contributed by atoms with Crippen molar-refractivity contribution in [3.05, 3.63) is 125 Å². The third-order valence-electron chi connectivity index (χ3n) is 17.3. The van der Waals surface area contributed by atoms with Crippen LogP contribution in [0.4, 0.5) is 15.3 Å². The highest BCUT2D eigenvalue weighted by Gasteiger charge is 2.78. The van der Waals surface area contributed by atoms with Crippen molar-refractivity contribution in [1.29, 1.82) is 0 Å². The lowest BCUT2D eigenvalue weighted by atomic mass is 9.67. The fourth-order valence-electron chi connectivity index (χ4n) is 12.4. The molecule has 3 aliphatic heterocycles. The van der Waals surface area contributed by atoms with Crippen LogP contribution in [-0.2, 0) is 65.5 Å². The smallest absolute Gasteiger partial charge is 0.407 e. The molecule has 0 unspecified atom stereocenters. The zero-order valence-corrected chi connectivity index (χ0v) is 51.1. The molecule has 28 nitrogen and oxygen atoms in total.